The number of nitrogens with one attached hydrogen (secondary N) is 1. The molecule has 0 unspecified atom stereocenters. The van der Waals surface area contributed by atoms with Gasteiger partial charge in [-0.2, -0.15) is 0 Å². The van der Waals surface area contributed by atoms with Gasteiger partial charge < -0.3 is 5.32 Å². The van der Waals surface area contributed by atoms with Crippen molar-refractivity contribution >= 4 is 6.41 Å². The molecule has 0 aliphatic heterocycles. The monoisotopic (exact) mass is 98.1 g/mol. The molecule has 1 N–H and O–H groups in total. The van der Waals surface area contributed by atoms with Gasteiger partial charge in [0, 0.05) is 6.54 Å². The van der Waals surface area contributed by atoms with Crippen molar-refractivity contribution in [2.75, 3.05) is 6.54 Å². The van der Waals surface area contributed by atoms with Crippen LogP contribution >= 0.6 is 0 Å². The fourth-order valence-electron chi connectivity index (χ4n) is 0.187. The first-order valence-corrected chi connectivity index (χ1v) is 2.01. The van der Waals surface area contributed by atoms with Crippen LogP contribution in [0.25, 0.3) is 0 Å². The van der Waals surface area contributed by atoms with Crippen LogP contribution in [0, 0.1) is 0 Å². The van der Waals surface area contributed by atoms with Gasteiger partial charge in [0.25, 0.3) is 0 Å². The molecule has 0 aliphatic carbocycles. The molecule has 0 saturated heterocycles. The van der Waals surface area contributed by atoms with E-state index in [0.29, 0.717) is 6.54 Å². The summed E-state index contributed by atoms with van der Waals surface area (Å²) in [5, 5.41) is 2.34. The van der Waals surface area contributed by atoms with Gasteiger partial charge in [0.05, 0.1) is 0 Å². The Labute approximate surface area is 43.2 Å². The molecule has 1 amide bonds. The zero-order chi connectivity index (χ0) is 5.70. The van der Waals surface area contributed by atoms with Crippen LogP contribution in [0.2, 0.25) is 0 Å². The molecule has 0 bridgehead atoms. The van der Waals surface area contributed by atoms with Gasteiger partial charge in [0.15, 0.2) is 0 Å². The summed E-state index contributed by atoms with van der Waals surface area (Å²) in [5.41, 5.74) is 0.934. The smallest absolute Gasteiger partial charge is 0.309 e. The predicted octanol–water partition coefficient (Wildman–Crippen LogP) is 0.219. The van der Waals surface area contributed by atoms with E-state index in [0.717, 1.165) is 5.57 Å². The Hall–Kier alpha value is -0.790. The lowest BCUT2D eigenvalue weighted by Gasteiger charge is -1.90. The minimum Gasteiger partial charge on any atom is -0.344 e. The highest BCUT2D eigenvalue weighted by Gasteiger charge is 1.78. The van der Waals surface area contributed by atoms with E-state index in [1.165, 1.54) is 6.41 Å². The maximum atomic E-state index is 9.43. The minimum absolute atomic E-state index is 0.531. The first-order valence-electron chi connectivity index (χ1n) is 2.01. The number of carbonyl (C=O) groups excluding carboxylic acids is 1. The Morgan fingerprint density at radius 1 is 2.00 bits per heavy atom. The third-order valence-electron chi connectivity index (χ3n) is 0.462. The summed E-state index contributed by atoms with van der Waals surface area (Å²) in [6.45, 7) is 5.92. The van der Waals surface area contributed by atoms with E-state index in [2.05, 4.69) is 11.9 Å². The molecule has 0 aliphatic rings. The van der Waals surface area contributed by atoms with Gasteiger partial charge in [-0.3, -0.25) is 4.79 Å². The zero-order valence-electron chi connectivity index (χ0n) is 4.32. The quantitative estimate of drug-likeness (QED) is 0.397. The van der Waals surface area contributed by atoms with Crippen LogP contribution in [0.1, 0.15) is 6.92 Å². The van der Waals surface area contributed by atoms with Gasteiger partial charge in [-0.25, -0.2) is 0 Å². The summed E-state index contributed by atoms with van der Waals surface area (Å²) in [7, 11) is 0. The minimum atomic E-state index is 0.531. The van der Waals surface area contributed by atoms with E-state index in [1.807, 2.05) is 6.92 Å². The average molecular weight is 98.1 g/mol. The third kappa shape index (κ3) is 5.21. The predicted molar refractivity (Wildman–Crippen MR) is 28.5 cm³/mol. The van der Waals surface area contributed by atoms with Crippen molar-refractivity contribution in [2.24, 2.45) is 0 Å². The van der Waals surface area contributed by atoms with Crippen LogP contribution in [0.15, 0.2) is 12.2 Å². The average Bonchev–Trinajstić information content (AvgIpc) is 1.61. The largest absolute Gasteiger partial charge is 0.344 e. The van der Waals surface area contributed by atoms with Crippen molar-refractivity contribution in [3.05, 3.63) is 12.2 Å². The lowest BCUT2D eigenvalue weighted by Crippen LogP contribution is -2.11. The molecule has 0 heterocycles. The summed E-state index contributed by atoms with van der Waals surface area (Å²) in [4.78, 5) is 9.43. The van der Waals surface area contributed by atoms with Crippen molar-refractivity contribution in [2.45, 2.75) is 6.92 Å². The van der Waals surface area contributed by atoms with E-state index in [9.17, 15) is 4.79 Å². The molecule has 7 heavy (non-hydrogen) atoms. The van der Waals surface area contributed by atoms with Gasteiger partial charge in [-0.15, -0.1) is 0 Å². The van der Waals surface area contributed by atoms with Crippen molar-refractivity contribution in [1.29, 1.82) is 0 Å². The molecule has 0 saturated carbocycles. The van der Waals surface area contributed by atoms with E-state index in [-0.39, 0.29) is 0 Å². The lowest BCUT2D eigenvalue weighted by molar-refractivity contribution is 0.545. The molecule has 0 atom stereocenters. The molecule has 39 valence electrons. The molecule has 1 radical (unpaired) electrons. The van der Waals surface area contributed by atoms with E-state index in [4.69, 9.17) is 0 Å². The Bertz CT molecular complexity index is 78.1. The fraction of sp³-hybridized carbons (Fsp3) is 0.400. The molecule has 0 aromatic heterocycles. The highest BCUT2D eigenvalue weighted by molar-refractivity contribution is 5.47. The van der Waals surface area contributed by atoms with Gasteiger partial charge >= 0.3 is 6.41 Å². The summed E-state index contributed by atoms with van der Waals surface area (Å²) >= 11 is 0. The van der Waals surface area contributed by atoms with Crippen LogP contribution in [-0.2, 0) is 4.79 Å². The lowest BCUT2D eigenvalue weighted by atomic mass is 10.4. The van der Waals surface area contributed by atoms with Crippen molar-refractivity contribution in [3.63, 3.8) is 0 Å². The van der Waals surface area contributed by atoms with E-state index in [1.54, 1.807) is 0 Å². The maximum Gasteiger partial charge on any atom is 0.309 e. The molecular formula is C5H8NO. The molecule has 0 fully saturated rings. The topological polar surface area (TPSA) is 29.1 Å². The number of hydrogen-bond acceptors (Lipinski definition) is 1. The molecule has 2 heteroatoms. The van der Waals surface area contributed by atoms with Gasteiger partial charge in [0.2, 0.25) is 0 Å². The van der Waals surface area contributed by atoms with Crippen molar-refractivity contribution in [1.82, 2.24) is 5.32 Å². The highest BCUT2D eigenvalue weighted by Crippen LogP contribution is 1.77. The Morgan fingerprint density at radius 3 is 2.71 bits per heavy atom. The molecule has 0 rings (SSSR count). The standard InChI is InChI=1S/C5H8NO/c1-5(2)3-6-4-7/h1,3H2,2H3,(H,6,7). The SMILES string of the molecule is C=C(C)CN[C]=O. The number of amides is 1. The number of hydrogen-bond donors (Lipinski definition) is 1. The van der Waals surface area contributed by atoms with E-state index < -0.39 is 0 Å². The molecule has 0 spiro atoms. The summed E-state index contributed by atoms with van der Waals surface area (Å²) in [6, 6.07) is 0. The summed E-state index contributed by atoms with van der Waals surface area (Å²) < 4.78 is 0. The first kappa shape index (κ1) is 6.21. The second-order valence-electron chi connectivity index (χ2n) is 1.41. The zero-order valence-corrected chi connectivity index (χ0v) is 4.32. The number of rotatable bonds is 3. The normalized spacial score (nSPS) is 7.57. The van der Waals surface area contributed by atoms with Crippen molar-refractivity contribution < 1.29 is 4.79 Å². The van der Waals surface area contributed by atoms with Crippen LogP contribution in [0.5, 0.6) is 0 Å². The van der Waals surface area contributed by atoms with Crippen LogP contribution in [0.3, 0.4) is 0 Å². The third-order valence-corrected chi connectivity index (χ3v) is 0.462. The summed E-state index contributed by atoms with van der Waals surface area (Å²) in [6.07, 6.45) is 1.54. The fourth-order valence-corrected chi connectivity index (χ4v) is 0.187. The van der Waals surface area contributed by atoms with Crippen LogP contribution in [0.4, 0.5) is 0 Å². The first-order chi connectivity index (χ1) is 3.27. The Balaban J connectivity index is 2.97. The summed E-state index contributed by atoms with van der Waals surface area (Å²) in [5.74, 6) is 0. The van der Waals surface area contributed by atoms with Gasteiger partial charge in [-0.1, -0.05) is 12.2 Å². The second kappa shape index (κ2) is 3.40. The molecule has 0 aromatic carbocycles. The highest BCUT2D eigenvalue weighted by atomic mass is 16.1. The molecule has 0 aromatic rings. The molecule has 2 nitrogen and oxygen atoms in total. The van der Waals surface area contributed by atoms with E-state index >= 15 is 0 Å². The molecular weight excluding hydrogens is 90.1 g/mol. The Morgan fingerprint density at radius 2 is 2.57 bits per heavy atom. The van der Waals surface area contributed by atoms with Crippen LogP contribution in [-0.4, -0.2) is 13.0 Å². The maximum absolute atomic E-state index is 9.43. The Kier molecular flexibility index (Phi) is 3.02. The van der Waals surface area contributed by atoms with Gasteiger partial charge in [0.1, 0.15) is 0 Å². The van der Waals surface area contributed by atoms with Crippen LogP contribution < -0.4 is 5.32 Å². The van der Waals surface area contributed by atoms with Gasteiger partial charge in [-0.05, 0) is 6.92 Å². The van der Waals surface area contributed by atoms with Crippen molar-refractivity contribution in [3.8, 4) is 0 Å². The second-order valence-corrected chi connectivity index (χ2v) is 1.41.